The van der Waals surface area contributed by atoms with E-state index in [2.05, 4.69) is 37.9 Å². The summed E-state index contributed by atoms with van der Waals surface area (Å²) >= 11 is 0. The Bertz CT molecular complexity index is 146. The van der Waals surface area contributed by atoms with E-state index in [4.69, 9.17) is 0 Å². The van der Waals surface area contributed by atoms with Crippen molar-refractivity contribution in [1.82, 2.24) is 10.2 Å². The lowest BCUT2D eigenvalue weighted by atomic mass is 10.0. The fraction of sp³-hybridized carbons (Fsp3) is 1.00. The van der Waals surface area contributed by atoms with E-state index < -0.39 is 0 Å². The maximum atomic E-state index is 3.46. The number of hydrogen-bond acceptors (Lipinski definition) is 2. The van der Waals surface area contributed by atoms with Crippen LogP contribution in [-0.4, -0.2) is 36.6 Å². The van der Waals surface area contributed by atoms with Gasteiger partial charge < -0.3 is 10.2 Å². The maximum absolute atomic E-state index is 3.46. The Morgan fingerprint density at radius 1 is 1.00 bits per heavy atom. The van der Waals surface area contributed by atoms with E-state index in [1.807, 2.05) is 0 Å². The van der Waals surface area contributed by atoms with Crippen molar-refractivity contribution >= 4 is 0 Å². The second-order valence-electron chi connectivity index (χ2n) is 5.78. The van der Waals surface area contributed by atoms with Crippen LogP contribution in [0.4, 0.5) is 0 Å². The van der Waals surface area contributed by atoms with Gasteiger partial charge in [-0.2, -0.15) is 0 Å². The van der Waals surface area contributed by atoms with Crippen molar-refractivity contribution in [2.24, 2.45) is 5.92 Å². The Morgan fingerprint density at radius 2 is 1.62 bits per heavy atom. The summed E-state index contributed by atoms with van der Waals surface area (Å²) in [5, 5.41) is 3.46. The molecule has 96 valence electrons. The molecule has 0 aromatic rings. The molecule has 16 heavy (non-hydrogen) atoms. The molecule has 2 aliphatic heterocycles. The van der Waals surface area contributed by atoms with Gasteiger partial charge in [0, 0.05) is 12.1 Å². The molecule has 2 saturated heterocycles. The van der Waals surface area contributed by atoms with E-state index in [-0.39, 0.29) is 0 Å². The molecule has 1 atom stereocenters. The average molecular weight is 226 g/mol. The first-order valence-corrected chi connectivity index (χ1v) is 7.08. The smallest absolute Gasteiger partial charge is 0.00905 e. The van der Waals surface area contributed by atoms with Crippen LogP contribution in [0.25, 0.3) is 0 Å². The lowest BCUT2D eigenvalue weighted by Gasteiger charge is -2.18. The standard InChI is InChI=1S/2C7H15N/c1-7(2)8-5-3-4-6-8;1-6(2)7-4-3-5-8-7/h7H,3-6H2,1-2H3;6-8H,3-5H2,1-2H3. The van der Waals surface area contributed by atoms with Crippen LogP contribution in [0.3, 0.4) is 0 Å². The summed E-state index contributed by atoms with van der Waals surface area (Å²) in [7, 11) is 0. The van der Waals surface area contributed by atoms with Crippen LogP contribution in [0, 0.1) is 5.92 Å². The fourth-order valence-electron chi connectivity index (χ4n) is 2.54. The average Bonchev–Trinajstić information content (AvgIpc) is 2.93. The van der Waals surface area contributed by atoms with Gasteiger partial charge in [0.2, 0.25) is 0 Å². The minimum Gasteiger partial charge on any atom is -0.314 e. The molecule has 0 amide bonds. The van der Waals surface area contributed by atoms with Crippen molar-refractivity contribution in [2.75, 3.05) is 19.6 Å². The molecule has 2 heterocycles. The van der Waals surface area contributed by atoms with Crippen LogP contribution in [0.5, 0.6) is 0 Å². The number of hydrogen-bond donors (Lipinski definition) is 1. The summed E-state index contributed by atoms with van der Waals surface area (Å²) in [5.41, 5.74) is 0. The monoisotopic (exact) mass is 226 g/mol. The van der Waals surface area contributed by atoms with E-state index >= 15 is 0 Å². The van der Waals surface area contributed by atoms with E-state index in [1.54, 1.807) is 0 Å². The molecule has 0 aromatic carbocycles. The molecular formula is C14H30N2. The molecule has 0 spiro atoms. The Hall–Kier alpha value is -0.0800. The largest absolute Gasteiger partial charge is 0.314 e. The molecule has 2 heteroatoms. The number of rotatable bonds is 2. The summed E-state index contributed by atoms with van der Waals surface area (Å²) in [5.74, 6) is 0.831. The second kappa shape index (κ2) is 7.29. The molecule has 2 rings (SSSR count). The Balaban J connectivity index is 0.000000160. The van der Waals surface area contributed by atoms with Crippen LogP contribution < -0.4 is 5.32 Å². The third kappa shape index (κ3) is 4.84. The van der Waals surface area contributed by atoms with Crippen LogP contribution in [0.2, 0.25) is 0 Å². The summed E-state index contributed by atoms with van der Waals surface area (Å²) in [6.07, 6.45) is 5.59. The van der Waals surface area contributed by atoms with Gasteiger partial charge in [0.15, 0.2) is 0 Å². The highest BCUT2D eigenvalue weighted by Gasteiger charge is 2.16. The normalized spacial score (nSPS) is 26.2. The van der Waals surface area contributed by atoms with Gasteiger partial charge in [-0.05, 0) is 65.1 Å². The highest BCUT2D eigenvalue weighted by atomic mass is 15.2. The highest BCUT2D eigenvalue weighted by molar-refractivity contribution is 4.76. The van der Waals surface area contributed by atoms with Crippen LogP contribution in [0.15, 0.2) is 0 Å². The number of nitrogens with one attached hydrogen (secondary N) is 1. The van der Waals surface area contributed by atoms with Crippen molar-refractivity contribution < 1.29 is 0 Å². The Kier molecular flexibility index (Phi) is 6.37. The molecule has 2 nitrogen and oxygen atoms in total. The van der Waals surface area contributed by atoms with E-state index in [0.717, 1.165) is 18.0 Å². The van der Waals surface area contributed by atoms with Crippen molar-refractivity contribution in [3.63, 3.8) is 0 Å². The summed E-state index contributed by atoms with van der Waals surface area (Å²) < 4.78 is 0. The lowest BCUT2D eigenvalue weighted by molar-refractivity contribution is 0.276. The first-order chi connectivity index (χ1) is 7.61. The first kappa shape index (κ1) is 14.0. The molecule has 1 N–H and O–H groups in total. The second-order valence-corrected chi connectivity index (χ2v) is 5.78. The predicted octanol–water partition coefficient (Wildman–Crippen LogP) is 2.89. The zero-order chi connectivity index (χ0) is 12.0. The van der Waals surface area contributed by atoms with Crippen LogP contribution >= 0.6 is 0 Å². The van der Waals surface area contributed by atoms with Crippen molar-refractivity contribution in [3.8, 4) is 0 Å². The van der Waals surface area contributed by atoms with E-state index in [1.165, 1.54) is 45.3 Å². The van der Waals surface area contributed by atoms with Gasteiger partial charge in [0.25, 0.3) is 0 Å². The van der Waals surface area contributed by atoms with Crippen molar-refractivity contribution in [3.05, 3.63) is 0 Å². The Morgan fingerprint density at radius 3 is 1.88 bits per heavy atom. The SMILES string of the molecule is CC(C)C1CCCN1.CC(C)N1CCCC1. The van der Waals surface area contributed by atoms with Gasteiger partial charge in [-0.15, -0.1) is 0 Å². The third-order valence-electron chi connectivity index (χ3n) is 3.77. The van der Waals surface area contributed by atoms with Gasteiger partial charge >= 0.3 is 0 Å². The third-order valence-corrected chi connectivity index (χ3v) is 3.77. The zero-order valence-electron chi connectivity index (χ0n) is 11.6. The molecular weight excluding hydrogens is 196 g/mol. The van der Waals surface area contributed by atoms with Crippen LogP contribution in [-0.2, 0) is 0 Å². The zero-order valence-corrected chi connectivity index (χ0v) is 11.6. The minimum atomic E-state index is 0.775. The quantitative estimate of drug-likeness (QED) is 0.779. The molecule has 2 aliphatic rings. The molecule has 0 aromatic heterocycles. The van der Waals surface area contributed by atoms with Gasteiger partial charge in [-0.3, -0.25) is 0 Å². The number of likely N-dealkylation sites (tertiary alicyclic amines) is 1. The van der Waals surface area contributed by atoms with E-state index in [0.29, 0.717) is 0 Å². The maximum Gasteiger partial charge on any atom is 0.00905 e. The fourth-order valence-corrected chi connectivity index (χ4v) is 2.54. The lowest BCUT2D eigenvalue weighted by Crippen LogP contribution is -2.26. The summed E-state index contributed by atoms with van der Waals surface area (Å²) in [6, 6.07) is 1.59. The molecule has 2 fully saturated rings. The summed E-state index contributed by atoms with van der Waals surface area (Å²) in [4.78, 5) is 2.53. The van der Waals surface area contributed by atoms with Crippen molar-refractivity contribution in [1.29, 1.82) is 0 Å². The van der Waals surface area contributed by atoms with Gasteiger partial charge in [-0.1, -0.05) is 13.8 Å². The molecule has 0 radical (unpaired) electrons. The molecule has 0 aliphatic carbocycles. The van der Waals surface area contributed by atoms with Crippen LogP contribution in [0.1, 0.15) is 53.4 Å². The predicted molar refractivity (Wildman–Crippen MR) is 71.8 cm³/mol. The molecule has 0 saturated carbocycles. The summed E-state index contributed by atoms with van der Waals surface area (Å²) in [6.45, 7) is 13.0. The van der Waals surface area contributed by atoms with Gasteiger partial charge in [0.05, 0.1) is 0 Å². The van der Waals surface area contributed by atoms with Gasteiger partial charge in [0.1, 0.15) is 0 Å². The number of nitrogens with zero attached hydrogens (tertiary/aromatic N) is 1. The first-order valence-electron chi connectivity index (χ1n) is 7.08. The van der Waals surface area contributed by atoms with Crippen molar-refractivity contribution in [2.45, 2.75) is 65.5 Å². The van der Waals surface area contributed by atoms with E-state index in [9.17, 15) is 0 Å². The Labute approximate surface area is 102 Å². The molecule has 0 bridgehead atoms. The van der Waals surface area contributed by atoms with Gasteiger partial charge in [-0.25, -0.2) is 0 Å². The molecule has 1 unspecified atom stereocenters. The highest BCUT2D eigenvalue weighted by Crippen LogP contribution is 2.12. The minimum absolute atomic E-state index is 0.775. The topological polar surface area (TPSA) is 15.3 Å².